The minimum atomic E-state index is 1.24. The van der Waals surface area contributed by atoms with Crippen LogP contribution in [0.3, 0.4) is 0 Å². The van der Waals surface area contributed by atoms with Gasteiger partial charge in [0.15, 0.2) is 0 Å². The van der Waals surface area contributed by atoms with Crippen molar-refractivity contribution in [1.29, 1.82) is 0 Å². The first-order chi connectivity index (χ1) is 7.04. The molecule has 0 N–H and O–H groups in total. The van der Waals surface area contributed by atoms with Crippen LogP contribution >= 0.6 is 0 Å². The fourth-order valence-electron chi connectivity index (χ4n) is 1.89. The van der Waals surface area contributed by atoms with Crippen LogP contribution in [0.4, 0.5) is 0 Å². The molecule has 0 bridgehead atoms. The molecule has 0 unspecified atom stereocenters. The lowest BCUT2D eigenvalue weighted by Gasteiger charge is -2.27. The average molecular weight is 204 g/mol. The molecule has 0 radical (unpaired) electrons. The van der Waals surface area contributed by atoms with Gasteiger partial charge in [0, 0.05) is 28.2 Å². The smallest absolute Gasteiger partial charge is 0.106 e. The summed E-state index contributed by atoms with van der Waals surface area (Å²) in [5, 5.41) is 0. The predicted molar refractivity (Wildman–Crippen MR) is 66.4 cm³/mol. The molecule has 0 aliphatic carbocycles. The van der Waals surface area contributed by atoms with E-state index in [1.807, 2.05) is 6.07 Å². The first-order valence-corrected chi connectivity index (χ1v) is 5.15. The lowest BCUT2D eigenvalue weighted by atomic mass is 10.1. The monoisotopic (exact) mass is 204 g/mol. The summed E-state index contributed by atoms with van der Waals surface area (Å²) in [7, 11) is 8.28. The lowest BCUT2D eigenvalue weighted by Crippen LogP contribution is -2.25. The molecule has 0 aromatic heterocycles. The topological polar surface area (TPSA) is 6.48 Å². The zero-order valence-corrected chi connectivity index (χ0v) is 10.3. The Morgan fingerprint density at radius 3 is 1.73 bits per heavy atom. The van der Waals surface area contributed by atoms with Crippen molar-refractivity contribution in [2.75, 3.05) is 28.2 Å². The second-order valence-corrected chi connectivity index (χ2v) is 4.10. The van der Waals surface area contributed by atoms with E-state index in [2.05, 4.69) is 69.2 Å². The van der Waals surface area contributed by atoms with Crippen LogP contribution < -0.4 is 0 Å². The minimum Gasteiger partial charge on any atom is -0.364 e. The SMILES string of the molecule is CC(=C(N(C)C)N(C)C)c1ccccc1. The summed E-state index contributed by atoms with van der Waals surface area (Å²) in [4.78, 5) is 4.28. The highest BCUT2D eigenvalue weighted by Crippen LogP contribution is 2.20. The molecule has 0 atom stereocenters. The number of benzene rings is 1. The van der Waals surface area contributed by atoms with Gasteiger partial charge >= 0.3 is 0 Å². The zero-order chi connectivity index (χ0) is 11.4. The number of hydrogen-bond acceptors (Lipinski definition) is 2. The van der Waals surface area contributed by atoms with Gasteiger partial charge in [-0.15, -0.1) is 0 Å². The van der Waals surface area contributed by atoms with Crippen molar-refractivity contribution in [3.05, 3.63) is 41.7 Å². The van der Waals surface area contributed by atoms with Crippen molar-refractivity contribution in [2.24, 2.45) is 0 Å². The van der Waals surface area contributed by atoms with Gasteiger partial charge in [0.25, 0.3) is 0 Å². The third-order valence-corrected chi connectivity index (χ3v) is 2.39. The third kappa shape index (κ3) is 2.75. The largest absolute Gasteiger partial charge is 0.364 e. The summed E-state index contributed by atoms with van der Waals surface area (Å²) in [5.74, 6) is 1.24. The van der Waals surface area contributed by atoms with Crippen molar-refractivity contribution < 1.29 is 0 Å². The Morgan fingerprint density at radius 2 is 1.33 bits per heavy atom. The summed E-state index contributed by atoms with van der Waals surface area (Å²) >= 11 is 0. The van der Waals surface area contributed by atoms with E-state index in [1.54, 1.807) is 0 Å². The molecular weight excluding hydrogens is 184 g/mol. The maximum atomic E-state index is 2.16. The van der Waals surface area contributed by atoms with Crippen LogP contribution in [0.15, 0.2) is 36.2 Å². The number of hydrogen-bond donors (Lipinski definition) is 0. The molecule has 2 heteroatoms. The molecule has 0 heterocycles. The molecule has 0 amide bonds. The Morgan fingerprint density at radius 1 is 0.867 bits per heavy atom. The molecular formula is C13H20N2. The summed E-state index contributed by atoms with van der Waals surface area (Å²) in [6.07, 6.45) is 0. The van der Waals surface area contributed by atoms with Gasteiger partial charge in [-0.3, -0.25) is 0 Å². The lowest BCUT2D eigenvalue weighted by molar-refractivity contribution is 0.345. The van der Waals surface area contributed by atoms with E-state index in [0.717, 1.165) is 0 Å². The van der Waals surface area contributed by atoms with Gasteiger partial charge in [-0.25, -0.2) is 0 Å². The number of nitrogens with zero attached hydrogens (tertiary/aromatic N) is 2. The molecule has 0 spiro atoms. The second-order valence-electron chi connectivity index (χ2n) is 4.10. The van der Waals surface area contributed by atoms with Crippen molar-refractivity contribution in [2.45, 2.75) is 6.92 Å². The number of allylic oxidation sites excluding steroid dienone is 1. The van der Waals surface area contributed by atoms with Crippen LogP contribution in [0.1, 0.15) is 12.5 Å². The molecule has 15 heavy (non-hydrogen) atoms. The van der Waals surface area contributed by atoms with Gasteiger partial charge in [-0.2, -0.15) is 0 Å². The van der Waals surface area contributed by atoms with Gasteiger partial charge in [-0.05, 0) is 18.1 Å². The standard InChI is InChI=1S/C13H20N2/c1-11(12-9-7-6-8-10-12)13(14(2)3)15(4)5/h6-10H,1-5H3. The highest BCUT2D eigenvalue weighted by atomic mass is 15.3. The van der Waals surface area contributed by atoms with Crippen LogP contribution in [-0.4, -0.2) is 38.0 Å². The Kier molecular flexibility index (Phi) is 3.78. The van der Waals surface area contributed by atoms with E-state index < -0.39 is 0 Å². The summed E-state index contributed by atoms with van der Waals surface area (Å²) in [5.41, 5.74) is 2.57. The van der Waals surface area contributed by atoms with Crippen molar-refractivity contribution in [3.8, 4) is 0 Å². The molecule has 0 saturated heterocycles. The highest BCUT2D eigenvalue weighted by molar-refractivity contribution is 5.65. The Bertz CT molecular complexity index is 327. The van der Waals surface area contributed by atoms with Crippen molar-refractivity contribution in [3.63, 3.8) is 0 Å². The first-order valence-electron chi connectivity index (χ1n) is 5.15. The zero-order valence-electron chi connectivity index (χ0n) is 10.3. The molecule has 1 aromatic carbocycles. The first kappa shape index (κ1) is 11.6. The normalized spacial score (nSPS) is 9.67. The van der Waals surface area contributed by atoms with Crippen molar-refractivity contribution in [1.82, 2.24) is 9.80 Å². The molecule has 1 aromatic rings. The minimum absolute atomic E-state index is 1.24. The van der Waals surface area contributed by atoms with E-state index >= 15 is 0 Å². The maximum Gasteiger partial charge on any atom is 0.106 e. The van der Waals surface area contributed by atoms with Crippen LogP contribution in [0.5, 0.6) is 0 Å². The van der Waals surface area contributed by atoms with Gasteiger partial charge in [0.1, 0.15) is 5.82 Å². The molecule has 1 rings (SSSR count). The highest BCUT2D eigenvalue weighted by Gasteiger charge is 2.08. The molecule has 0 saturated carbocycles. The van der Waals surface area contributed by atoms with E-state index in [1.165, 1.54) is 17.0 Å². The summed E-state index contributed by atoms with van der Waals surface area (Å²) in [6.45, 7) is 2.16. The predicted octanol–water partition coefficient (Wildman–Crippen LogP) is 2.50. The van der Waals surface area contributed by atoms with Crippen LogP contribution in [-0.2, 0) is 0 Å². The summed E-state index contributed by atoms with van der Waals surface area (Å²) in [6, 6.07) is 10.5. The van der Waals surface area contributed by atoms with Crippen LogP contribution in [0.2, 0.25) is 0 Å². The molecule has 0 fully saturated rings. The second kappa shape index (κ2) is 4.87. The Labute approximate surface area is 92.8 Å². The van der Waals surface area contributed by atoms with Crippen molar-refractivity contribution >= 4 is 5.57 Å². The fourth-order valence-corrected chi connectivity index (χ4v) is 1.89. The molecule has 0 aliphatic rings. The average Bonchev–Trinajstić information content (AvgIpc) is 2.18. The van der Waals surface area contributed by atoms with Crippen LogP contribution in [0.25, 0.3) is 5.57 Å². The number of rotatable bonds is 3. The van der Waals surface area contributed by atoms with E-state index in [4.69, 9.17) is 0 Å². The van der Waals surface area contributed by atoms with E-state index in [-0.39, 0.29) is 0 Å². The van der Waals surface area contributed by atoms with Gasteiger partial charge < -0.3 is 9.80 Å². The molecule has 2 nitrogen and oxygen atoms in total. The maximum absolute atomic E-state index is 2.16. The Hall–Kier alpha value is -1.44. The quantitative estimate of drug-likeness (QED) is 0.746. The third-order valence-electron chi connectivity index (χ3n) is 2.39. The van der Waals surface area contributed by atoms with E-state index in [9.17, 15) is 0 Å². The molecule has 0 aliphatic heterocycles. The van der Waals surface area contributed by atoms with Gasteiger partial charge in [0.2, 0.25) is 0 Å². The summed E-state index contributed by atoms with van der Waals surface area (Å²) < 4.78 is 0. The van der Waals surface area contributed by atoms with Crippen LogP contribution in [0, 0.1) is 0 Å². The fraction of sp³-hybridized carbons (Fsp3) is 0.385. The Balaban J connectivity index is 3.17. The van der Waals surface area contributed by atoms with E-state index in [0.29, 0.717) is 0 Å². The molecule has 82 valence electrons. The van der Waals surface area contributed by atoms with Gasteiger partial charge in [-0.1, -0.05) is 30.3 Å². The van der Waals surface area contributed by atoms with Gasteiger partial charge in [0.05, 0.1) is 0 Å².